The van der Waals surface area contributed by atoms with E-state index in [1.807, 2.05) is 0 Å². The molecule has 15 N–H and O–H groups in total. The van der Waals surface area contributed by atoms with Gasteiger partial charge in [-0.25, -0.2) is 4.79 Å². The summed E-state index contributed by atoms with van der Waals surface area (Å²) in [5, 5.41) is 56.2. The number of nitrogens with zero attached hydrogens (tertiary/aromatic N) is 1. The van der Waals surface area contributed by atoms with Crippen LogP contribution in [-0.4, -0.2) is 169 Å². The summed E-state index contributed by atoms with van der Waals surface area (Å²) in [7, 11) is 0. The number of aromatic amines is 1. The fraction of sp³-hybridized carbons (Fsp3) is 0.575. The van der Waals surface area contributed by atoms with Gasteiger partial charge in [-0.2, -0.15) is 0 Å². The molecule has 1 aromatic carbocycles. The Bertz CT molecular complexity index is 2160. The summed E-state index contributed by atoms with van der Waals surface area (Å²) in [6.07, 6.45) is -3.47. The molecule has 1 aliphatic carbocycles. The third-order valence-corrected chi connectivity index (χ3v) is 13.2. The van der Waals surface area contributed by atoms with Gasteiger partial charge < -0.3 is 68.4 Å². The number of hydrogen-bond donors (Lipinski definition) is 13. The molecule has 2 fully saturated rings. The molecule has 23 nitrogen and oxygen atoms in total. The van der Waals surface area contributed by atoms with E-state index >= 15 is 0 Å². The predicted molar refractivity (Wildman–Crippen MR) is 226 cm³/mol. The molecule has 1 saturated heterocycles. The smallest absolute Gasteiger partial charge is 0.326 e. The average molecular weight is 917 g/mol. The van der Waals surface area contributed by atoms with Crippen LogP contribution in [0.25, 0.3) is 10.9 Å². The number of ketones is 1. The lowest BCUT2D eigenvalue weighted by Crippen LogP contribution is -2.58. The van der Waals surface area contributed by atoms with Gasteiger partial charge in [0.15, 0.2) is 5.78 Å². The van der Waals surface area contributed by atoms with Crippen molar-refractivity contribution in [3.8, 4) is 0 Å². The van der Waals surface area contributed by atoms with E-state index in [1.165, 1.54) is 6.92 Å². The molecule has 3 heterocycles. The number of carbonyl (C=O) groups is 9. The molecule has 0 radical (unpaired) electrons. The van der Waals surface area contributed by atoms with Crippen LogP contribution < -0.4 is 43.4 Å². The number of carboxylic acid groups (broad SMARTS) is 1. The van der Waals surface area contributed by atoms with Crippen LogP contribution in [0.5, 0.6) is 0 Å². The number of benzene rings is 1. The van der Waals surface area contributed by atoms with Crippen molar-refractivity contribution in [1.82, 2.24) is 41.8 Å². The molecule has 0 bridgehead atoms. The van der Waals surface area contributed by atoms with E-state index in [0.717, 1.165) is 16.7 Å². The number of likely N-dealkylation sites (tertiary alicyclic amines) is 1. The second-order valence-electron chi connectivity index (χ2n) is 16.4. The van der Waals surface area contributed by atoms with Gasteiger partial charge >= 0.3 is 5.97 Å². The van der Waals surface area contributed by atoms with Gasteiger partial charge in [-0.15, -0.1) is 11.8 Å². The molecule has 7 amide bonds. The SMILES string of the molecule is CC[C@H](C)[C@]12NC(=O)CNC(=O)[C@@H](NC(=O)[C@@H](N)[C@@H](C)[C@@H](O)CO)Cc3c([nH]c4ccccc34)SC[C@@H](C(=O)N[C@@H](CC(N)=O)C(=O)N3C[C@H](O)C[C@H]3C(=O)O)NC(=O)CNC1C2=O. The van der Waals surface area contributed by atoms with Gasteiger partial charge in [0.2, 0.25) is 41.4 Å². The monoisotopic (exact) mass is 916 g/mol. The van der Waals surface area contributed by atoms with E-state index < -0.39 is 152 Å². The molecule has 1 unspecified atom stereocenters. The number of rotatable bonds is 13. The number of aliphatic hydroxyl groups excluding tert-OH is 3. The largest absolute Gasteiger partial charge is 0.480 e. The zero-order valence-electron chi connectivity index (χ0n) is 35.4. The Morgan fingerprint density at radius 3 is 2.42 bits per heavy atom. The summed E-state index contributed by atoms with van der Waals surface area (Å²) < 4.78 is 0. The number of carbonyl (C=O) groups excluding carboxylic acids is 8. The quantitative estimate of drug-likeness (QED) is 0.0895. The molecule has 2 aliphatic heterocycles. The Morgan fingerprint density at radius 2 is 1.77 bits per heavy atom. The number of primary amides is 1. The molecule has 11 atom stereocenters. The van der Waals surface area contributed by atoms with Crippen LogP contribution in [0.4, 0.5) is 0 Å². The number of H-pyrrole nitrogens is 1. The van der Waals surface area contributed by atoms with Gasteiger partial charge in [0.1, 0.15) is 35.7 Å². The Morgan fingerprint density at radius 1 is 1.06 bits per heavy atom. The van der Waals surface area contributed by atoms with Crippen LogP contribution in [0.15, 0.2) is 29.3 Å². The number of aliphatic carboxylic acids is 1. The number of hydrogen-bond acceptors (Lipinski definition) is 15. The first-order valence-corrected chi connectivity index (χ1v) is 21.7. The lowest BCUT2D eigenvalue weighted by Gasteiger charge is -2.28. The highest BCUT2D eigenvalue weighted by molar-refractivity contribution is 7.99. The average Bonchev–Trinajstić information content (AvgIpc) is 3.49. The van der Waals surface area contributed by atoms with Gasteiger partial charge in [-0.1, -0.05) is 45.4 Å². The van der Waals surface area contributed by atoms with E-state index in [9.17, 15) is 63.6 Å². The van der Waals surface area contributed by atoms with Crippen molar-refractivity contribution < 1.29 is 63.6 Å². The lowest BCUT2D eigenvalue weighted by atomic mass is 9.95. The third kappa shape index (κ3) is 11.0. The number of nitrogens with one attached hydrogen (secondary N) is 7. The first-order chi connectivity index (χ1) is 30.2. The standard InChI is InChI=1S/C40H56N10O13S/c1-4-17(2)40-32(33(40)57)43-12-29(55)45-25(35(59)47-24(11-28(41)54)38(61)50-14-19(52)9-26(50)39(62)63)16-64-37-21(20-7-5-6-8-22(20)48-37)10-23(34(58)44-13-30(56)49-40)46-36(60)31(42)18(3)27(53)15-51/h5-8,17-19,23-27,31-32,43,48,51-53H,4,9-16,42H2,1-3H3,(H2,41,54)(H,44,58)(H,45,55)(H,46,60)(H,47,59)(H,49,56)(H,62,63)/t17-,18-,19+,23-,24-,25-,26-,27-,31-,32?,40-/m0/s1. The molecule has 1 aromatic heterocycles. The Hall–Kier alpha value is -5.66. The molecule has 0 spiro atoms. The summed E-state index contributed by atoms with van der Waals surface area (Å²) in [4.78, 5) is 124. The van der Waals surface area contributed by atoms with Crippen molar-refractivity contribution in [2.75, 3.05) is 32.0 Å². The van der Waals surface area contributed by atoms with Crippen LogP contribution in [-0.2, 0) is 49.6 Å². The topological polar surface area (TPSA) is 378 Å². The van der Waals surface area contributed by atoms with Gasteiger partial charge in [0.05, 0.1) is 49.4 Å². The maximum atomic E-state index is 14.2. The second-order valence-corrected chi connectivity index (χ2v) is 17.4. The highest BCUT2D eigenvalue weighted by Gasteiger charge is 2.68. The summed E-state index contributed by atoms with van der Waals surface area (Å²) in [6, 6.07) is -1.68. The van der Waals surface area contributed by atoms with Crippen molar-refractivity contribution >= 4 is 75.8 Å². The van der Waals surface area contributed by atoms with Gasteiger partial charge in [0, 0.05) is 42.0 Å². The number of Topliss-reactive ketones (excluding diaryl/α,β-unsaturated/α-hetero) is 1. The first-order valence-electron chi connectivity index (χ1n) is 20.8. The summed E-state index contributed by atoms with van der Waals surface area (Å²) in [5.41, 5.74) is 11.1. The molecule has 64 heavy (non-hydrogen) atoms. The van der Waals surface area contributed by atoms with Gasteiger partial charge in [0.25, 0.3) is 0 Å². The predicted octanol–water partition coefficient (Wildman–Crippen LogP) is -4.93. The number of carboxylic acids is 1. The number of aromatic nitrogens is 1. The van der Waals surface area contributed by atoms with Crippen molar-refractivity contribution in [2.45, 2.75) is 105 Å². The van der Waals surface area contributed by atoms with E-state index in [-0.39, 0.29) is 18.6 Å². The second kappa shape index (κ2) is 20.9. The number of amides is 7. The van der Waals surface area contributed by atoms with E-state index in [0.29, 0.717) is 27.9 Å². The number of thioether (sulfide) groups is 1. The minimum atomic E-state index is -1.71. The van der Waals surface area contributed by atoms with Crippen LogP contribution in [0.1, 0.15) is 45.6 Å². The van der Waals surface area contributed by atoms with Crippen LogP contribution in [0, 0.1) is 11.8 Å². The maximum absolute atomic E-state index is 14.2. The molecule has 2 aromatic rings. The Kier molecular flexibility index (Phi) is 16.1. The zero-order valence-corrected chi connectivity index (χ0v) is 36.2. The summed E-state index contributed by atoms with van der Waals surface area (Å²) in [5.74, 6) is -9.85. The van der Waals surface area contributed by atoms with Gasteiger partial charge in [-0.05, 0) is 17.5 Å². The van der Waals surface area contributed by atoms with E-state index in [1.54, 1.807) is 38.1 Å². The highest BCUT2D eigenvalue weighted by Crippen LogP contribution is 2.40. The number of fused-ring (bicyclic) bond motifs is 4. The molecule has 3 aliphatic rings. The maximum Gasteiger partial charge on any atom is 0.326 e. The summed E-state index contributed by atoms with van der Waals surface area (Å²) in [6.45, 7) is 2.70. The highest BCUT2D eigenvalue weighted by atomic mass is 32.2. The number of nitrogens with two attached hydrogens (primary N) is 2. The minimum absolute atomic E-state index is 0.249. The van der Waals surface area contributed by atoms with Crippen molar-refractivity contribution in [2.24, 2.45) is 23.3 Å². The fourth-order valence-electron chi connectivity index (χ4n) is 8.03. The van der Waals surface area contributed by atoms with Crippen LogP contribution in [0.2, 0.25) is 0 Å². The lowest BCUT2D eigenvalue weighted by molar-refractivity contribution is -0.149. The fourth-order valence-corrected chi connectivity index (χ4v) is 9.14. The van der Waals surface area contributed by atoms with Crippen molar-refractivity contribution in [3.63, 3.8) is 0 Å². The minimum Gasteiger partial charge on any atom is -0.480 e. The zero-order chi connectivity index (χ0) is 47.2. The Balaban J connectivity index is 1.53. The Labute approximate surface area is 370 Å². The third-order valence-electron chi connectivity index (χ3n) is 12.1. The normalized spacial score (nSPS) is 26.9. The van der Waals surface area contributed by atoms with Crippen LogP contribution in [0.3, 0.4) is 0 Å². The molecule has 1 saturated carbocycles. The number of para-hydroxylation sites is 1. The van der Waals surface area contributed by atoms with Crippen molar-refractivity contribution in [3.05, 3.63) is 29.8 Å². The molecular weight excluding hydrogens is 861 g/mol. The van der Waals surface area contributed by atoms with Crippen molar-refractivity contribution in [1.29, 1.82) is 0 Å². The van der Waals surface area contributed by atoms with Gasteiger partial charge in [-0.3, -0.25) is 43.7 Å². The molecule has 24 heteroatoms. The van der Waals surface area contributed by atoms with Crippen LogP contribution >= 0.6 is 11.8 Å². The molecule has 5 rings (SSSR count). The molecular formula is C40H56N10O13S. The number of aliphatic hydroxyl groups is 3. The molecule has 350 valence electrons. The number of β-amino-alcohol motifs (C(OH)–C–C–N with tert-alkyl or cyclic N) is 1. The van der Waals surface area contributed by atoms with E-state index in [2.05, 4.69) is 36.9 Å². The first kappa shape index (κ1) is 49.4. The van der Waals surface area contributed by atoms with E-state index in [4.69, 9.17) is 11.5 Å². The summed E-state index contributed by atoms with van der Waals surface area (Å²) >= 11 is 0.992.